The highest BCUT2D eigenvalue weighted by Gasteiger charge is 2.33. The van der Waals surface area contributed by atoms with Gasteiger partial charge in [-0.15, -0.1) is 0 Å². The van der Waals surface area contributed by atoms with Crippen molar-refractivity contribution in [1.29, 1.82) is 0 Å². The maximum atomic E-state index is 13.5. The molecule has 0 spiro atoms. The van der Waals surface area contributed by atoms with Crippen molar-refractivity contribution in [2.24, 2.45) is 5.73 Å². The Balaban J connectivity index is 2.40. The largest absolute Gasteiger partial charge is 0.326 e. The third-order valence-corrected chi connectivity index (χ3v) is 4.38. The normalized spacial score (nSPS) is 25.7. The quantitative estimate of drug-likeness (QED) is 0.905. The molecule has 100 valence electrons. The molecule has 0 aliphatic carbocycles. The van der Waals surface area contributed by atoms with Crippen molar-refractivity contribution >= 4 is 15.9 Å². The van der Waals surface area contributed by atoms with E-state index in [0.717, 1.165) is 29.4 Å². The summed E-state index contributed by atoms with van der Waals surface area (Å²) in [6.45, 7) is 5.36. The molecule has 1 aromatic carbocycles. The van der Waals surface area contributed by atoms with Gasteiger partial charge in [-0.25, -0.2) is 4.39 Å². The van der Waals surface area contributed by atoms with Gasteiger partial charge in [-0.1, -0.05) is 15.9 Å². The van der Waals surface area contributed by atoms with E-state index in [1.54, 1.807) is 12.1 Å². The second-order valence-electron chi connectivity index (χ2n) is 5.25. The molecule has 0 amide bonds. The molecule has 2 nitrogen and oxygen atoms in total. The maximum absolute atomic E-state index is 13.5. The number of rotatable bonds is 2. The standard InChI is InChI=1S/C14H20BrFN2/c1-9(2)18-7-3-4-13(17)14(18)11-8-10(16)5-6-12(11)15/h5-6,8-9,13-14H,3-4,7,17H2,1-2H3. The Morgan fingerprint density at radius 3 is 2.83 bits per heavy atom. The molecule has 0 radical (unpaired) electrons. The van der Waals surface area contributed by atoms with Crippen LogP contribution in [-0.2, 0) is 0 Å². The second-order valence-corrected chi connectivity index (χ2v) is 6.10. The molecule has 2 N–H and O–H groups in total. The van der Waals surface area contributed by atoms with Gasteiger partial charge in [0.15, 0.2) is 0 Å². The van der Waals surface area contributed by atoms with Crippen LogP contribution in [0.1, 0.15) is 38.3 Å². The Bertz CT molecular complexity index is 422. The van der Waals surface area contributed by atoms with E-state index in [-0.39, 0.29) is 17.9 Å². The van der Waals surface area contributed by atoms with E-state index < -0.39 is 0 Å². The fourth-order valence-corrected chi connectivity index (χ4v) is 3.26. The molecule has 1 aromatic rings. The predicted molar refractivity (Wildman–Crippen MR) is 75.9 cm³/mol. The first kappa shape index (κ1) is 14.0. The van der Waals surface area contributed by atoms with Gasteiger partial charge in [0, 0.05) is 16.6 Å². The number of likely N-dealkylation sites (tertiary alicyclic amines) is 1. The molecule has 1 aliphatic rings. The van der Waals surface area contributed by atoms with Gasteiger partial charge in [0.05, 0.1) is 6.04 Å². The van der Waals surface area contributed by atoms with Crippen molar-refractivity contribution < 1.29 is 4.39 Å². The summed E-state index contributed by atoms with van der Waals surface area (Å²) in [4.78, 5) is 2.37. The van der Waals surface area contributed by atoms with Crippen LogP contribution in [0.4, 0.5) is 4.39 Å². The summed E-state index contributed by atoms with van der Waals surface area (Å²) >= 11 is 3.52. The first-order valence-corrected chi connectivity index (χ1v) is 7.26. The number of piperidine rings is 1. The molecule has 0 aromatic heterocycles. The molecule has 4 heteroatoms. The Morgan fingerprint density at radius 2 is 2.17 bits per heavy atom. The van der Waals surface area contributed by atoms with Gasteiger partial charge in [0.2, 0.25) is 0 Å². The summed E-state index contributed by atoms with van der Waals surface area (Å²) in [5, 5.41) is 0. The number of benzene rings is 1. The van der Waals surface area contributed by atoms with Crippen molar-refractivity contribution in [2.45, 2.75) is 44.8 Å². The smallest absolute Gasteiger partial charge is 0.123 e. The number of hydrogen-bond donors (Lipinski definition) is 1. The Labute approximate surface area is 116 Å². The van der Waals surface area contributed by atoms with Crippen LogP contribution < -0.4 is 5.73 Å². The van der Waals surface area contributed by atoms with Crippen molar-refractivity contribution in [3.8, 4) is 0 Å². The van der Waals surface area contributed by atoms with Gasteiger partial charge in [-0.05, 0) is 57.0 Å². The summed E-state index contributed by atoms with van der Waals surface area (Å²) in [6, 6.07) is 5.43. The maximum Gasteiger partial charge on any atom is 0.123 e. The van der Waals surface area contributed by atoms with Crippen LogP contribution in [-0.4, -0.2) is 23.5 Å². The summed E-state index contributed by atoms with van der Waals surface area (Å²) < 4.78 is 14.4. The molecule has 1 aliphatic heterocycles. The van der Waals surface area contributed by atoms with Crippen molar-refractivity contribution in [3.05, 3.63) is 34.1 Å². The molecule has 0 saturated carbocycles. The lowest BCUT2D eigenvalue weighted by Crippen LogP contribution is -2.48. The molecule has 2 rings (SSSR count). The molecule has 2 unspecified atom stereocenters. The minimum Gasteiger partial charge on any atom is -0.326 e. The topological polar surface area (TPSA) is 29.3 Å². The average Bonchev–Trinajstić information content (AvgIpc) is 2.32. The third kappa shape index (κ3) is 2.76. The average molecular weight is 315 g/mol. The number of nitrogens with zero attached hydrogens (tertiary/aromatic N) is 1. The minimum absolute atomic E-state index is 0.0687. The van der Waals surface area contributed by atoms with Crippen LogP contribution in [0.2, 0.25) is 0 Å². The van der Waals surface area contributed by atoms with Gasteiger partial charge < -0.3 is 5.73 Å². The van der Waals surface area contributed by atoms with Crippen molar-refractivity contribution in [1.82, 2.24) is 4.90 Å². The van der Waals surface area contributed by atoms with Crippen molar-refractivity contribution in [2.75, 3.05) is 6.54 Å². The predicted octanol–water partition coefficient (Wildman–Crippen LogP) is 3.46. The zero-order valence-electron chi connectivity index (χ0n) is 10.9. The fraction of sp³-hybridized carbons (Fsp3) is 0.571. The van der Waals surface area contributed by atoms with Crippen LogP contribution in [0.15, 0.2) is 22.7 Å². The molecule has 18 heavy (non-hydrogen) atoms. The number of hydrogen-bond acceptors (Lipinski definition) is 2. The van der Waals surface area contributed by atoms with E-state index in [4.69, 9.17) is 5.73 Å². The Kier molecular flexibility index (Phi) is 4.41. The highest BCUT2D eigenvalue weighted by molar-refractivity contribution is 9.10. The molecule has 0 bridgehead atoms. The Hall–Kier alpha value is -0.450. The summed E-state index contributed by atoms with van der Waals surface area (Å²) in [5.41, 5.74) is 7.24. The van der Waals surface area contributed by atoms with Gasteiger partial charge in [0.25, 0.3) is 0 Å². The minimum atomic E-state index is -0.199. The zero-order chi connectivity index (χ0) is 13.3. The van der Waals surface area contributed by atoms with E-state index in [1.807, 2.05) is 0 Å². The lowest BCUT2D eigenvalue weighted by Gasteiger charge is -2.43. The molecule has 1 saturated heterocycles. The van der Waals surface area contributed by atoms with Crippen LogP contribution >= 0.6 is 15.9 Å². The van der Waals surface area contributed by atoms with E-state index in [2.05, 4.69) is 34.7 Å². The molecule has 1 fully saturated rings. The number of halogens is 2. The van der Waals surface area contributed by atoms with Crippen LogP contribution in [0.3, 0.4) is 0 Å². The van der Waals surface area contributed by atoms with Crippen LogP contribution in [0.5, 0.6) is 0 Å². The summed E-state index contributed by atoms with van der Waals surface area (Å²) in [6.07, 6.45) is 2.11. The second kappa shape index (κ2) is 5.68. The third-order valence-electron chi connectivity index (χ3n) is 3.66. The molecular formula is C14H20BrFN2. The monoisotopic (exact) mass is 314 g/mol. The van der Waals surface area contributed by atoms with E-state index in [1.165, 1.54) is 6.07 Å². The van der Waals surface area contributed by atoms with Gasteiger partial charge in [-0.3, -0.25) is 4.90 Å². The first-order chi connectivity index (χ1) is 8.50. The lowest BCUT2D eigenvalue weighted by molar-refractivity contribution is 0.0940. The zero-order valence-corrected chi connectivity index (χ0v) is 12.5. The summed E-state index contributed by atoms with van der Waals surface area (Å²) in [7, 11) is 0. The van der Waals surface area contributed by atoms with Crippen LogP contribution in [0, 0.1) is 5.82 Å². The van der Waals surface area contributed by atoms with E-state index >= 15 is 0 Å². The Morgan fingerprint density at radius 1 is 1.44 bits per heavy atom. The van der Waals surface area contributed by atoms with Gasteiger partial charge in [0.1, 0.15) is 5.82 Å². The fourth-order valence-electron chi connectivity index (χ4n) is 2.78. The van der Waals surface area contributed by atoms with Gasteiger partial charge >= 0.3 is 0 Å². The first-order valence-electron chi connectivity index (χ1n) is 6.47. The lowest BCUT2D eigenvalue weighted by atomic mass is 9.90. The summed E-state index contributed by atoms with van der Waals surface area (Å²) in [5.74, 6) is -0.199. The molecule has 1 heterocycles. The molecular weight excluding hydrogens is 295 g/mol. The highest BCUT2D eigenvalue weighted by Crippen LogP contribution is 2.35. The number of nitrogens with two attached hydrogens (primary N) is 1. The van der Waals surface area contributed by atoms with Crippen LogP contribution in [0.25, 0.3) is 0 Å². The molecule has 2 atom stereocenters. The van der Waals surface area contributed by atoms with E-state index in [9.17, 15) is 4.39 Å². The highest BCUT2D eigenvalue weighted by atomic mass is 79.9. The van der Waals surface area contributed by atoms with E-state index in [0.29, 0.717) is 6.04 Å². The SMILES string of the molecule is CC(C)N1CCCC(N)C1c1cc(F)ccc1Br. The van der Waals surface area contributed by atoms with Gasteiger partial charge in [-0.2, -0.15) is 0 Å². The van der Waals surface area contributed by atoms with Crippen molar-refractivity contribution in [3.63, 3.8) is 0 Å².